The van der Waals surface area contributed by atoms with Crippen molar-refractivity contribution in [2.24, 2.45) is 0 Å². The summed E-state index contributed by atoms with van der Waals surface area (Å²) in [5.74, 6) is -0.329. The molecule has 1 amide bonds. The Hall–Kier alpha value is -3.88. The van der Waals surface area contributed by atoms with Gasteiger partial charge in [0.2, 0.25) is 5.95 Å². The van der Waals surface area contributed by atoms with Gasteiger partial charge in [0.15, 0.2) is 0 Å². The van der Waals surface area contributed by atoms with Crippen LogP contribution in [-0.2, 0) is 16.0 Å². The van der Waals surface area contributed by atoms with Gasteiger partial charge in [0.1, 0.15) is 5.60 Å². The lowest BCUT2D eigenvalue weighted by Crippen LogP contribution is -2.34. The summed E-state index contributed by atoms with van der Waals surface area (Å²) in [6, 6.07) is 13.0. The third-order valence-electron chi connectivity index (χ3n) is 4.58. The topological polar surface area (TPSA) is 121 Å². The summed E-state index contributed by atoms with van der Waals surface area (Å²) < 4.78 is 12.6. The van der Waals surface area contributed by atoms with Crippen LogP contribution in [0, 0.1) is 0 Å². The van der Waals surface area contributed by atoms with E-state index in [2.05, 4.69) is 15.3 Å². The van der Waals surface area contributed by atoms with E-state index in [9.17, 15) is 9.59 Å². The summed E-state index contributed by atoms with van der Waals surface area (Å²) in [6.45, 7) is 8.02. The molecule has 3 N–H and O–H groups in total. The molecular weight excluding hydrogens is 422 g/mol. The smallest absolute Gasteiger partial charge is 0.407 e. The van der Waals surface area contributed by atoms with E-state index in [1.165, 1.54) is 0 Å². The number of nitrogens with one attached hydrogen (secondary N) is 1. The number of nitrogens with zero attached hydrogens (tertiary/aromatic N) is 3. The van der Waals surface area contributed by atoms with E-state index in [0.29, 0.717) is 29.2 Å². The predicted octanol–water partition coefficient (Wildman–Crippen LogP) is 3.90. The van der Waals surface area contributed by atoms with E-state index in [4.69, 9.17) is 15.2 Å². The van der Waals surface area contributed by atoms with Crippen LogP contribution in [0.2, 0.25) is 0 Å². The molecule has 0 aliphatic rings. The molecule has 0 aliphatic carbocycles. The van der Waals surface area contributed by atoms with Crippen molar-refractivity contribution in [3.05, 3.63) is 54.2 Å². The number of nitrogens with two attached hydrogens (primary N) is 1. The molecule has 0 aliphatic heterocycles. The molecule has 0 fully saturated rings. The molecule has 0 saturated heterocycles. The quantitative estimate of drug-likeness (QED) is 0.523. The fourth-order valence-electron chi connectivity index (χ4n) is 3.37. The maximum atomic E-state index is 12.9. The van der Waals surface area contributed by atoms with Gasteiger partial charge in [-0.2, -0.15) is 0 Å². The molecule has 0 bridgehead atoms. The number of carbonyl (C=O) groups excluding carboxylic acids is 2. The number of nitrogen functional groups attached to an aromatic ring is 1. The van der Waals surface area contributed by atoms with E-state index < -0.39 is 17.7 Å². The third-order valence-corrected chi connectivity index (χ3v) is 4.58. The van der Waals surface area contributed by atoms with Crippen LogP contribution in [0.1, 0.15) is 38.1 Å². The number of esters is 1. The van der Waals surface area contributed by atoms with Gasteiger partial charge >= 0.3 is 12.1 Å². The fourth-order valence-corrected chi connectivity index (χ4v) is 3.37. The number of aromatic nitrogens is 3. The average molecular weight is 452 g/mol. The van der Waals surface area contributed by atoms with Gasteiger partial charge in [-0.1, -0.05) is 30.3 Å². The van der Waals surface area contributed by atoms with Gasteiger partial charge in [0.05, 0.1) is 29.3 Å². The lowest BCUT2D eigenvalue weighted by atomic mass is 10.1. The molecule has 0 unspecified atom stereocenters. The van der Waals surface area contributed by atoms with Crippen molar-refractivity contribution in [2.45, 2.75) is 39.8 Å². The second kappa shape index (κ2) is 10.2. The van der Waals surface area contributed by atoms with E-state index >= 15 is 0 Å². The van der Waals surface area contributed by atoms with Crippen molar-refractivity contribution in [3.8, 4) is 22.6 Å². The van der Waals surface area contributed by atoms with Crippen molar-refractivity contribution in [2.75, 3.05) is 18.9 Å². The van der Waals surface area contributed by atoms with E-state index in [1.807, 2.05) is 34.9 Å². The van der Waals surface area contributed by atoms with E-state index in [0.717, 1.165) is 5.56 Å². The minimum atomic E-state index is -0.604. The Morgan fingerprint density at radius 2 is 1.88 bits per heavy atom. The number of ether oxygens (including phenoxy) is 2. The lowest BCUT2D eigenvalue weighted by Gasteiger charge is -2.20. The van der Waals surface area contributed by atoms with Gasteiger partial charge in [-0.05, 0) is 45.4 Å². The van der Waals surface area contributed by atoms with Crippen LogP contribution in [0.15, 0.2) is 48.7 Å². The molecule has 0 atom stereocenters. The third kappa shape index (κ3) is 6.09. The number of hydrogen-bond acceptors (Lipinski definition) is 7. The second-order valence-electron chi connectivity index (χ2n) is 8.26. The number of hydrogen-bond donors (Lipinski definition) is 2. The Labute approximate surface area is 192 Å². The highest BCUT2D eigenvalue weighted by Crippen LogP contribution is 2.33. The summed E-state index contributed by atoms with van der Waals surface area (Å²) >= 11 is 0. The zero-order valence-electron chi connectivity index (χ0n) is 19.3. The second-order valence-corrected chi connectivity index (χ2v) is 8.26. The number of carbonyl (C=O) groups is 2. The SMILES string of the molecule is CCOC(=O)c1cc(-c2ccnc(N)n2)n(CCNC(=O)OC(C)(C)C)c1-c1ccccc1. The molecule has 9 heteroatoms. The Balaban J connectivity index is 2.07. The number of benzene rings is 1. The van der Waals surface area contributed by atoms with Crippen molar-refractivity contribution in [3.63, 3.8) is 0 Å². The van der Waals surface area contributed by atoms with Crippen molar-refractivity contribution in [1.29, 1.82) is 0 Å². The summed E-state index contributed by atoms with van der Waals surface area (Å²) in [5, 5.41) is 2.76. The van der Waals surface area contributed by atoms with Crippen LogP contribution in [0.5, 0.6) is 0 Å². The Kier molecular flexibility index (Phi) is 7.32. The standard InChI is InChI=1S/C24H29N5O4/c1-5-32-21(30)17-15-19(18-11-12-26-22(25)28-18)29(20(17)16-9-7-6-8-10-16)14-13-27-23(31)33-24(2,3)4/h6-12,15H,5,13-14H2,1-4H3,(H,27,31)(H2,25,26,28). The van der Waals surface area contributed by atoms with Gasteiger partial charge in [-0.25, -0.2) is 19.6 Å². The minimum Gasteiger partial charge on any atom is -0.462 e. The normalized spacial score (nSPS) is 11.2. The van der Waals surface area contributed by atoms with Crippen LogP contribution in [0.25, 0.3) is 22.6 Å². The highest BCUT2D eigenvalue weighted by atomic mass is 16.6. The zero-order valence-corrected chi connectivity index (χ0v) is 19.3. The maximum Gasteiger partial charge on any atom is 0.407 e. The Morgan fingerprint density at radius 1 is 1.15 bits per heavy atom. The molecule has 0 radical (unpaired) electrons. The number of anilines is 1. The highest BCUT2D eigenvalue weighted by Gasteiger charge is 2.24. The first-order valence-corrected chi connectivity index (χ1v) is 10.7. The van der Waals surface area contributed by atoms with E-state index in [-0.39, 0.29) is 19.1 Å². The average Bonchev–Trinajstić information content (AvgIpc) is 3.13. The number of rotatable bonds is 7. The maximum absolute atomic E-state index is 12.9. The molecule has 2 heterocycles. The number of alkyl carbamates (subject to hydrolysis) is 1. The number of amides is 1. The summed E-state index contributed by atoms with van der Waals surface area (Å²) in [4.78, 5) is 33.3. The predicted molar refractivity (Wildman–Crippen MR) is 125 cm³/mol. The monoisotopic (exact) mass is 451 g/mol. The first-order chi connectivity index (χ1) is 15.7. The highest BCUT2D eigenvalue weighted by molar-refractivity contribution is 5.98. The van der Waals surface area contributed by atoms with Crippen LogP contribution >= 0.6 is 0 Å². The summed E-state index contributed by atoms with van der Waals surface area (Å²) in [5.41, 5.74) is 8.29. The molecule has 174 valence electrons. The zero-order chi connectivity index (χ0) is 24.0. The van der Waals surface area contributed by atoms with Crippen LogP contribution in [-0.4, -0.2) is 45.4 Å². The summed E-state index contributed by atoms with van der Waals surface area (Å²) in [7, 11) is 0. The molecule has 3 rings (SSSR count). The minimum absolute atomic E-state index is 0.117. The first kappa shape index (κ1) is 23.8. The molecule has 0 spiro atoms. The van der Waals surface area contributed by atoms with Crippen molar-refractivity contribution >= 4 is 18.0 Å². The Bertz CT molecular complexity index is 1120. The molecule has 33 heavy (non-hydrogen) atoms. The fraction of sp³-hybridized carbons (Fsp3) is 0.333. The Morgan fingerprint density at radius 3 is 2.52 bits per heavy atom. The molecule has 2 aromatic heterocycles. The molecule has 1 aromatic carbocycles. The van der Waals surface area contributed by atoms with Gasteiger partial charge in [0, 0.05) is 19.3 Å². The molecule has 9 nitrogen and oxygen atoms in total. The van der Waals surface area contributed by atoms with E-state index in [1.54, 1.807) is 46.0 Å². The van der Waals surface area contributed by atoms with Gasteiger partial charge in [-0.3, -0.25) is 0 Å². The van der Waals surface area contributed by atoms with Gasteiger partial charge in [-0.15, -0.1) is 0 Å². The lowest BCUT2D eigenvalue weighted by molar-refractivity contribution is 0.0514. The first-order valence-electron chi connectivity index (χ1n) is 10.7. The van der Waals surface area contributed by atoms with Gasteiger partial charge in [0.25, 0.3) is 0 Å². The summed E-state index contributed by atoms with van der Waals surface area (Å²) in [6.07, 6.45) is 1.04. The molecule has 3 aromatic rings. The van der Waals surface area contributed by atoms with Crippen LogP contribution in [0.4, 0.5) is 10.7 Å². The van der Waals surface area contributed by atoms with Gasteiger partial charge < -0.3 is 25.1 Å². The largest absolute Gasteiger partial charge is 0.462 e. The van der Waals surface area contributed by atoms with Crippen LogP contribution in [0.3, 0.4) is 0 Å². The van der Waals surface area contributed by atoms with Crippen molar-refractivity contribution in [1.82, 2.24) is 19.9 Å². The van der Waals surface area contributed by atoms with Crippen molar-refractivity contribution < 1.29 is 19.1 Å². The molecule has 0 saturated carbocycles. The van der Waals surface area contributed by atoms with Crippen LogP contribution < -0.4 is 11.1 Å². The molecular formula is C24H29N5O4.